The Balaban J connectivity index is 0.00000320. The molecular weight excluding hydrogens is 493 g/mol. The normalized spacial score (nSPS) is 14.7. The van der Waals surface area contributed by atoms with E-state index in [1.54, 1.807) is 14.2 Å². The number of guanidine groups is 1. The average molecular weight is 525 g/mol. The highest BCUT2D eigenvalue weighted by atomic mass is 127. The van der Waals surface area contributed by atoms with E-state index in [1.807, 2.05) is 18.2 Å². The van der Waals surface area contributed by atoms with Gasteiger partial charge in [0, 0.05) is 33.4 Å². The van der Waals surface area contributed by atoms with Crippen LogP contribution in [0.4, 0.5) is 0 Å². The van der Waals surface area contributed by atoms with Crippen LogP contribution in [0.2, 0.25) is 0 Å². The number of aliphatic imine (C=N–C) groups is 1. The molecule has 0 radical (unpaired) electrons. The van der Waals surface area contributed by atoms with Gasteiger partial charge in [-0.05, 0) is 41.7 Å². The van der Waals surface area contributed by atoms with Gasteiger partial charge in [-0.1, -0.05) is 36.4 Å². The van der Waals surface area contributed by atoms with E-state index < -0.39 is 0 Å². The molecule has 2 N–H and O–H groups in total. The third kappa shape index (κ3) is 8.12. The highest BCUT2D eigenvalue weighted by molar-refractivity contribution is 14.0. The monoisotopic (exact) mass is 525 g/mol. The molecule has 7 heteroatoms. The lowest BCUT2D eigenvalue weighted by atomic mass is 10.1. The van der Waals surface area contributed by atoms with Gasteiger partial charge in [-0.25, -0.2) is 0 Å². The molecule has 1 fully saturated rings. The Hall–Kier alpha value is -1.84. The second-order valence-electron chi connectivity index (χ2n) is 7.07. The van der Waals surface area contributed by atoms with Crippen LogP contribution < -0.4 is 15.4 Å². The predicted molar refractivity (Wildman–Crippen MR) is 131 cm³/mol. The third-order valence-corrected chi connectivity index (χ3v) is 4.92. The molecule has 1 aliphatic rings. The van der Waals surface area contributed by atoms with Crippen LogP contribution in [0.1, 0.15) is 29.5 Å². The van der Waals surface area contributed by atoms with E-state index in [2.05, 4.69) is 46.0 Å². The first kappa shape index (κ1) is 24.4. The maximum atomic E-state index is 6.03. The van der Waals surface area contributed by atoms with Crippen LogP contribution in [0.25, 0.3) is 0 Å². The van der Waals surface area contributed by atoms with Crippen LogP contribution in [0, 0.1) is 0 Å². The number of methoxy groups -OCH3 is 1. The summed E-state index contributed by atoms with van der Waals surface area (Å²) in [4.78, 5) is 4.31. The minimum absolute atomic E-state index is 0. The molecular formula is C23H32IN3O3. The lowest BCUT2D eigenvalue weighted by molar-refractivity contribution is -0.0390. The minimum atomic E-state index is 0. The van der Waals surface area contributed by atoms with Crippen molar-refractivity contribution in [2.75, 3.05) is 27.4 Å². The number of nitrogens with one attached hydrogen (secondary N) is 2. The van der Waals surface area contributed by atoms with Crippen LogP contribution in [-0.4, -0.2) is 39.4 Å². The molecule has 164 valence electrons. The van der Waals surface area contributed by atoms with E-state index in [4.69, 9.17) is 14.2 Å². The fourth-order valence-corrected chi connectivity index (χ4v) is 3.26. The standard InChI is InChI=1S/C23H31N3O3.HI/c1-24-23(26-16-19-6-4-8-22(14-19)27-2)25-15-18-5-3-7-20(13-18)17-29-21-9-11-28-12-10-21;/h3-8,13-14,21H,9-12,15-17H2,1-2H3,(H2,24,25,26);1H. The second kappa shape index (κ2) is 13.5. The number of hydrogen-bond acceptors (Lipinski definition) is 4. The molecule has 2 aromatic rings. The Morgan fingerprint density at radius 1 is 1.00 bits per heavy atom. The van der Waals surface area contributed by atoms with Gasteiger partial charge in [-0.2, -0.15) is 0 Å². The van der Waals surface area contributed by atoms with Gasteiger partial charge in [-0.15, -0.1) is 24.0 Å². The Morgan fingerprint density at radius 3 is 2.30 bits per heavy atom. The Bertz CT molecular complexity index is 795. The molecule has 3 rings (SSSR count). The van der Waals surface area contributed by atoms with Gasteiger partial charge >= 0.3 is 0 Å². The molecule has 0 amide bonds. The van der Waals surface area contributed by atoms with E-state index in [1.165, 1.54) is 11.1 Å². The summed E-state index contributed by atoms with van der Waals surface area (Å²) in [6.45, 7) is 3.62. The van der Waals surface area contributed by atoms with Gasteiger partial charge in [0.1, 0.15) is 5.75 Å². The van der Waals surface area contributed by atoms with Crippen molar-refractivity contribution in [2.24, 2.45) is 4.99 Å². The number of nitrogens with zero attached hydrogens (tertiary/aromatic N) is 1. The van der Waals surface area contributed by atoms with Crippen molar-refractivity contribution in [2.45, 2.75) is 38.6 Å². The highest BCUT2D eigenvalue weighted by Gasteiger charge is 2.14. The van der Waals surface area contributed by atoms with Crippen LogP contribution in [0.3, 0.4) is 0 Å². The minimum Gasteiger partial charge on any atom is -0.497 e. The van der Waals surface area contributed by atoms with Gasteiger partial charge in [0.25, 0.3) is 0 Å². The van der Waals surface area contributed by atoms with Gasteiger partial charge < -0.3 is 24.8 Å². The molecule has 0 bridgehead atoms. The summed E-state index contributed by atoms with van der Waals surface area (Å²) in [5, 5.41) is 6.70. The summed E-state index contributed by atoms with van der Waals surface area (Å²) >= 11 is 0. The number of ether oxygens (including phenoxy) is 3. The van der Waals surface area contributed by atoms with Crippen molar-refractivity contribution in [3.8, 4) is 5.75 Å². The second-order valence-corrected chi connectivity index (χ2v) is 7.07. The molecule has 0 spiro atoms. The molecule has 2 aromatic carbocycles. The van der Waals surface area contributed by atoms with E-state index in [-0.39, 0.29) is 24.0 Å². The maximum absolute atomic E-state index is 6.03. The SMILES string of the molecule is CN=C(NCc1cccc(COC2CCOCC2)c1)NCc1cccc(OC)c1.I. The van der Waals surface area contributed by atoms with Crippen LogP contribution in [-0.2, 0) is 29.2 Å². The summed E-state index contributed by atoms with van der Waals surface area (Å²) in [5.74, 6) is 1.61. The highest BCUT2D eigenvalue weighted by Crippen LogP contribution is 2.14. The maximum Gasteiger partial charge on any atom is 0.191 e. The fourth-order valence-electron chi connectivity index (χ4n) is 3.26. The van der Waals surface area contributed by atoms with Gasteiger partial charge in [-0.3, -0.25) is 4.99 Å². The van der Waals surface area contributed by atoms with Crippen LogP contribution >= 0.6 is 24.0 Å². The summed E-state index contributed by atoms with van der Waals surface area (Å²) in [6, 6.07) is 16.5. The molecule has 30 heavy (non-hydrogen) atoms. The first-order chi connectivity index (χ1) is 14.3. The Kier molecular flexibility index (Phi) is 11.0. The first-order valence-corrected chi connectivity index (χ1v) is 10.1. The van der Waals surface area contributed by atoms with Crippen LogP contribution in [0.15, 0.2) is 53.5 Å². The summed E-state index contributed by atoms with van der Waals surface area (Å²) in [6.07, 6.45) is 2.28. The van der Waals surface area contributed by atoms with Crippen molar-refractivity contribution >= 4 is 29.9 Å². The smallest absolute Gasteiger partial charge is 0.191 e. The van der Waals surface area contributed by atoms with Crippen molar-refractivity contribution in [1.82, 2.24) is 10.6 Å². The zero-order valence-electron chi connectivity index (χ0n) is 17.7. The van der Waals surface area contributed by atoms with Gasteiger partial charge in [0.2, 0.25) is 0 Å². The third-order valence-electron chi connectivity index (χ3n) is 4.92. The number of hydrogen-bond donors (Lipinski definition) is 2. The first-order valence-electron chi connectivity index (χ1n) is 10.1. The summed E-state index contributed by atoms with van der Waals surface area (Å²) < 4.78 is 16.7. The molecule has 0 atom stereocenters. The van der Waals surface area contributed by atoms with E-state index in [0.717, 1.165) is 43.3 Å². The molecule has 0 aromatic heterocycles. The summed E-state index contributed by atoms with van der Waals surface area (Å²) in [5.41, 5.74) is 3.53. The van der Waals surface area contributed by atoms with Crippen LogP contribution in [0.5, 0.6) is 5.75 Å². The number of benzene rings is 2. The lowest BCUT2D eigenvalue weighted by Crippen LogP contribution is -2.36. The predicted octanol–water partition coefficient (Wildman–Crippen LogP) is 3.87. The Labute approximate surface area is 196 Å². The lowest BCUT2D eigenvalue weighted by Gasteiger charge is -2.22. The largest absolute Gasteiger partial charge is 0.497 e. The topological polar surface area (TPSA) is 64.1 Å². The molecule has 1 saturated heterocycles. The zero-order valence-corrected chi connectivity index (χ0v) is 20.1. The van der Waals surface area contributed by atoms with E-state index >= 15 is 0 Å². The van der Waals surface area contributed by atoms with Crippen molar-refractivity contribution in [3.05, 3.63) is 65.2 Å². The quantitative estimate of drug-likeness (QED) is 0.311. The van der Waals surface area contributed by atoms with E-state index in [9.17, 15) is 0 Å². The average Bonchev–Trinajstić information content (AvgIpc) is 2.79. The molecule has 1 heterocycles. The van der Waals surface area contributed by atoms with Crippen molar-refractivity contribution < 1.29 is 14.2 Å². The Morgan fingerprint density at radius 2 is 1.63 bits per heavy atom. The molecule has 0 saturated carbocycles. The number of halogens is 1. The van der Waals surface area contributed by atoms with Gasteiger partial charge in [0.05, 0.1) is 19.8 Å². The van der Waals surface area contributed by atoms with Crippen molar-refractivity contribution in [1.29, 1.82) is 0 Å². The van der Waals surface area contributed by atoms with Crippen molar-refractivity contribution in [3.63, 3.8) is 0 Å². The molecule has 1 aliphatic heterocycles. The molecule has 6 nitrogen and oxygen atoms in total. The molecule has 0 unspecified atom stereocenters. The van der Waals surface area contributed by atoms with Gasteiger partial charge in [0.15, 0.2) is 5.96 Å². The summed E-state index contributed by atoms with van der Waals surface area (Å²) in [7, 11) is 3.45. The zero-order chi connectivity index (χ0) is 20.3. The van der Waals surface area contributed by atoms with E-state index in [0.29, 0.717) is 25.8 Å². The molecule has 0 aliphatic carbocycles. The fraction of sp³-hybridized carbons (Fsp3) is 0.435. The number of rotatable bonds is 8.